The monoisotopic (exact) mass is 400 g/mol. The molecule has 1 fully saturated rings. The lowest BCUT2D eigenvalue weighted by Crippen LogP contribution is -2.28. The van der Waals surface area contributed by atoms with Crippen LogP contribution in [0.2, 0.25) is 0 Å². The van der Waals surface area contributed by atoms with E-state index in [4.69, 9.17) is 0 Å². The predicted octanol–water partition coefficient (Wildman–Crippen LogP) is 2.35. The van der Waals surface area contributed by atoms with E-state index in [1.54, 1.807) is 0 Å². The van der Waals surface area contributed by atoms with E-state index in [1.807, 2.05) is 17.5 Å². The summed E-state index contributed by atoms with van der Waals surface area (Å²) < 4.78 is 53.0. The molecule has 0 amide bonds. The van der Waals surface area contributed by atoms with E-state index in [0.29, 0.717) is 13.1 Å². The summed E-state index contributed by atoms with van der Waals surface area (Å²) >= 11 is 1.49. The third-order valence-electron chi connectivity index (χ3n) is 4.19. The number of nitrogens with zero attached hydrogens (tertiary/aromatic N) is 2. The summed E-state index contributed by atoms with van der Waals surface area (Å²) in [5, 5.41) is 1.90. The fourth-order valence-electron chi connectivity index (χ4n) is 2.75. The minimum absolute atomic E-state index is 0.0897. The summed E-state index contributed by atoms with van der Waals surface area (Å²) in [5.74, 6) is 0. The highest BCUT2D eigenvalue weighted by Crippen LogP contribution is 2.24. The lowest BCUT2D eigenvalue weighted by molar-refractivity contribution is 0.469. The van der Waals surface area contributed by atoms with Gasteiger partial charge >= 0.3 is 0 Å². The maximum Gasteiger partial charge on any atom is 0.243 e. The van der Waals surface area contributed by atoms with Crippen molar-refractivity contribution in [3.8, 4) is 0 Å². The molecular formula is C16H20N2O4S3. The number of hydrogen-bond donors (Lipinski definition) is 0. The second kappa shape index (κ2) is 7.16. The molecule has 1 aromatic carbocycles. The minimum atomic E-state index is -3.66. The first-order valence-electron chi connectivity index (χ1n) is 7.91. The van der Waals surface area contributed by atoms with Crippen LogP contribution in [0.4, 0.5) is 0 Å². The van der Waals surface area contributed by atoms with Crippen molar-refractivity contribution in [2.45, 2.75) is 29.2 Å². The standard InChI is InChI=1S/C16H20N2O4S3/c1-17(13-14-5-4-12-23-14)24(19,20)15-6-8-16(9-7-15)25(21,22)18-10-2-3-11-18/h4-9,12H,2-3,10-11,13H2,1H3. The number of hydrogen-bond acceptors (Lipinski definition) is 5. The lowest BCUT2D eigenvalue weighted by Gasteiger charge is -2.18. The quantitative estimate of drug-likeness (QED) is 0.746. The van der Waals surface area contributed by atoms with Crippen LogP contribution in [0.15, 0.2) is 51.6 Å². The van der Waals surface area contributed by atoms with Crippen LogP contribution in [0.5, 0.6) is 0 Å². The zero-order valence-electron chi connectivity index (χ0n) is 13.8. The number of thiophene rings is 1. The molecule has 0 radical (unpaired) electrons. The van der Waals surface area contributed by atoms with Gasteiger partial charge in [0.2, 0.25) is 20.0 Å². The molecule has 0 unspecified atom stereocenters. The third kappa shape index (κ3) is 3.80. The van der Waals surface area contributed by atoms with Crippen LogP contribution >= 0.6 is 11.3 Å². The van der Waals surface area contributed by atoms with Crippen LogP contribution in [0, 0.1) is 0 Å². The van der Waals surface area contributed by atoms with E-state index in [-0.39, 0.29) is 16.3 Å². The molecule has 2 heterocycles. The maximum atomic E-state index is 12.6. The molecule has 25 heavy (non-hydrogen) atoms. The van der Waals surface area contributed by atoms with Gasteiger partial charge in [-0.25, -0.2) is 16.8 Å². The van der Waals surface area contributed by atoms with E-state index < -0.39 is 20.0 Å². The summed E-state index contributed by atoms with van der Waals surface area (Å²) in [6.45, 7) is 1.33. The van der Waals surface area contributed by atoms with Crippen molar-refractivity contribution in [2.75, 3.05) is 20.1 Å². The molecule has 0 bridgehead atoms. The largest absolute Gasteiger partial charge is 0.243 e. The maximum absolute atomic E-state index is 12.6. The van der Waals surface area contributed by atoms with Gasteiger partial charge in [0.05, 0.1) is 9.79 Å². The Hall–Kier alpha value is -1.26. The van der Waals surface area contributed by atoms with Gasteiger partial charge < -0.3 is 0 Å². The Morgan fingerprint density at radius 1 is 1.00 bits per heavy atom. The van der Waals surface area contributed by atoms with Gasteiger partial charge in [0.25, 0.3) is 0 Å². The fraction of sp³-hybridized carbons (Fsp3) is 0.375. The average molecular weight is 401 g/mol. The van der Waals surface area contributed by atoms with Gasteiger partial charge in [-0.05, 0) is 48.6 Å². The van der Waals surface area contributed by atoms with Crippen molar-refractivity contribution in [1.29, 1.82) is 0 Å². The third-order valence-corrected chi connectivity index (χ3v) is 8.78. The van der Waals surface area contributed by atoms with Crippen molar-refractivity contribution in [1.82, 2.24) is 8.61 Å². The molecule has 2 aromatic rings. The van der Waals surface area contributed by atoms with Gasteiger partial charge in [0.1, 0.15) is 0 Å². The Kier molecular flexibility index (Phi) is 5.31. The molecule has 1 aromatic heterocycles. The first-order valence-corrected chi connectivity index (χ1v) is 11.7. The van der Waals surface area contributed by atoms with Crippen LogP contribution in [-0.4, -0.2) is 45.6 Å². The van der Waals surface area contributed by atoms with Crippen LogP contribution in [0.3, 0.4) is 0 Å². The Balaban J connectivity index is 1.81. The lowest BCUT2D eigenvalue weighted by atomic mass is 10.4. The van der Waals surface area contributed by atoms with Crippen LogP contribution in [-0.2, 0) is 26.6 Å². The summed E-state index contributed by atoms with van der Waals surface area (Å²) in [6, 6.07) is 9.23. The molecule has 136 valence electrons. The zero-order valence-corrected chi connectivity index (χ0v) is 16.3. The highest BCUT2D eigenvalue weighted by Gasteiger charge is 2.28. The summed E-state index contributed by atoms with van der Waals surface area (Å²) in [4.78, 5) is 1.17. The average Bonchev–Trinajstić information content (AvgIpc) is 3.28. The molecular weight excluding hydrogens is 380 g/mol. The first kappa shape index (κ1) is 18.5. The fourth-order valence-corrected chi connectivity index (χ4v) is 6.25. The van der Waals surface area contributed by atoms with Crippen molar-refractivity contribution in [3.63, 3.8) is 0 Å². The normalized spacial score (nSPS) is 16.6. The van der Waals surface area contributed by atoms with Crippen molar-refractivity contribution >= 4 is 31.4 Å². The van der Waals surface area contributed by atoms with Gasteiger partial charge in [0, 0.05) is 31.6 Å². The zero-order chi connectivity index (χ0) is 18.1. The molecule has 0 saturated carbocycles. The first-order chi connectivity index (χ1) is 11.8. The molecule has 9 heteroatoms. The molecule has 6 nitrogen and oxygen atoms in total. The molecule has 1 saturated heterocycles. The molecule has 1 aliphatic rings. The number of benzene rings is 1. The second-order valence-electron chi connectivity index (χ2n) is 5.92. The van der Waals surface area contributed by atoms with Gasteiger partial charge in [-0.2, -0.15) is 8.61 Å². The van der Waals surface area contributed by atoms with Crippen LogP contribution < -0.4 is 0 Å². The smallest absolute Gasteiger partial charge is 0.207 e. The second-order valence-corrected chi connectivity index (χ2v) is 10.9. The van der Waals surface area contributed by atoms with Crippen molar-refractivity contribution in [3.05, 3.63) is 46.7 Å². The van der Waals surface area contributed by atoms with Gasteiger partial charge in [-0.3, -0.25) is 0 Å². The van der Waals surface area contributed by atoms with E-state index in [1.165, 1.54) is 51.3 Å². The highest BCUT2D eigenvalue weighted by molar-refractivity contribution is 7.89. The molecule has 0 atom stereocenters. The minimum Gasteiger partial charge on any atom is -0.207 e. The van der Waals surface area contributed by atoms with E-state index in [2.05, 4.69) is 0 Å². The Morgan fingerprint density at radius 2 is 1.60 bits per heavy atom. The van der Waals surface area contributed by atoms with E-state index in [0.717, 1.165) is 17.7 Å². The number of rotatable bonds is 6. The summed E-state index contributed by atoms with van der Waals surface area (Å²) in [6.07, 6.45) is 1.72. The van der Waals surface area contributed by atoms with Gasteiger partial charge in [0.15, 0.2) is 0 Å². The van der Waals surface area contributed by atoms with E-state index >= 15 is 0 Å². The topological polar surface area (TPSA) is 74.8 Å². The summed E-state index contributed by atoms with van der Waals surface area (Å²) in [5.41, 5.74) is 0. The van der Waals surface area contributed by atoms with E-state index in [9.17, 15) is 16.8 Å². The van der Waals surface area contributed by atoms with Crippen LogP contribution in [0.1, 0.15) is 17.7 Å². The van der Waals surface area contributed by atoms with Crippen LogP contribution in [0.25, 0.3) is 0 Å². The highest BCUT2D eigenvalue weighted by atomic mass is 32.2. The Bertz CT molecular complexity index is 914. The molecule has 3 rings (SSSR count). The van der Waals surface area contributed by atoms with Gasteiger partial charge in [-0.1, -0.05) is 6.07 Å². The van der Waals surface area contributed by atoms with Crippen molar-refractivity contribution in [2.24, 2.45) is 0 Å². The Morgan fingerprint density at radius 3 is 2.16 bits per heavy atom. The predicted molar refractivity (Wildman–Crippen MR) is 97.4 cm³/mol. The SMILES string of the molecule is CN(Cc1cccs1)S(=O)(=O)c1ccc(S(=O)(=O)N2CCCC2)cc1. The molecule has 0 spiro atoms. The molecule has 0 aliphatic carbocycles. The Labute approximate surface area is 152 Å². The summed E-state index contributed by atoms with van der Waals surface area (Å²) in [7, 11) is -5.68. The number of sulfonamides is 2. The van der Waals surface area contributed by atoms with Crippen molar-refractivity contribution < 1.29 is 16.8 Å². The molecule has 0 N–H and O–H groups in total. The van der Waals surface area contributed by atoms with Gasteiger partial charge in [-0.15, -0.1) is 11.3 Å². The molecule has 1 aliphatic heterocycles.